The van der Waals surface area contributed by atoms with Crippen LogP contribution in [0.3, 0.4) is 0 Å². The van der Waals surface area contributed by atoms with Gasteiger partial charge in [0.25, 0.3) is 0 Å². The summed E-state index contributed by atoms with van der Waals surface area (Å²) in [5, 5.41) is 0. The summed E-state index contributed by atoms with van der Waals surface area (Å²) in [6, 6.07) is 24.7. The molecule has 0 saturated heterocycles. The standard InChI is InChI=1S/C35H50O/c1-8-28(2)26-35(7,30-16-10-9-11-17-30)23-21-29-15-12-18-31(25-29)34(5,6)27-33(3,4)22-13-19-32-20-14-24-36-32/h9-12,14-18,20,24-25,28H,8,13,19,21-23,26-27H2,1-7H3. The van der Waals surface area contributed by atoms with Gasteiger partial charge in [0.15, 0.2) is 0 Å². The van der Waals surface area contributed by atoms with Gasteiger partial charge in [0.2, 0.25) is 0 Å². The Morgan fingerprint density at radius 2 is 1.50 bits per heavy atom. The fourth-order valence-corrected chi connectivity index (χ4v) is 6.27. The number of hydrogen-bond acceptors (Lipinski definition) is 1. The van der Waals surface area contributed by atoms with E-state index in [0.717, 1.165) is 24.5 Å². The fourth-order valence-electron chi connectivity index (χ4n) is 6.27. The van der Waals surface area contributed by atoms with Crippen LogP contribution in [-0.2, 0) is 23.7 Å². The lowest BCUT2D eigenvalue weighted by atomic mass is 9.69. The highest BCUT2D eigenvalue weighted by molar-refractivity contribution is 5.31. The smallest absolute Gasteiger partial charge is 0.103 e. The van der Waals surface area contributed by atoms with Gasteiger partial charge in [-0.2, -0.15) is 0 Å². The fraction of sp³-hybridized carbons (Fsp3) is 0.543. The van der Waals surface area contributed by atoms with Gasteiger partial charge >= 0.3 is 0 Å². The zero-order valence-electron chi connectivity index (χ0n) is 24.1. The van der Waals surface area contributed by atoms with Crippen molar-refractivity contribution in [3.05, 3.63) is 95.4 Å². The second kappa shape index (κ2) is 12.3. The van der Waals surface area contributed by atoms with Gasteiger partial charge < -0.3 is 4.42 Å². The Kier molecular flexibility index (Phi) is 9.67. The molecule has 2 atom stereocenters. The Labute approximate surface area is 221 Å². The van der Waals surface area contributed by atoms with Crippen molar-refractivity contribution in [1.29, 1.82) is 0 Å². The third-order valence-corrected chi connectivity index (χ3v) is 8.42. The lowest BCUT2D eigenvalue weighted by Gasteiger charge is -2.36. The molecule has 0 amide bonds. The van der Waals surface area contributed by atoms with Gasteiger partial charge in [0.05, 0.1) is 6.26 Å². The molecular formula is C35H50O. The van der Waals surface area contributed by atoms with Crippen molar-refractivity contribution in [3.8, 4) is 0 Å². The molecule has 0 aliphatic heterocycles. The van der Waals surface area contributed by atoms with Crippen LogP contribution in [0.2, 0.25) is 0 Å². The van der Waals surface area contributed by atoms with E-state index in [4.69, 9.17) is 4.42 Å². The molecule has 0 radical (unpaired) electrons. The number of benzene rings is 2. The van der Waals surface area contributed by atoms with Crippen molar-refractivity contribution in [3.63, 3.8) is 0 Å². The van der Waals surface area contributed by atoms with Crippen LogP contribution in [0.15, 0.2) is 77.4 Å². The SMILES string of the molecule is CCC(C)CC(C)(CCc1cccc(C(C)(C)CC(C)(C)CCCc2ccco2)c1)c1ccccc1. The van der Waals surface area contributed by atoms with Crippen LogP contribution in [-0.4, -0.2) is 0 Å². The Morgan fingerprint density at radius 1 is 0.778 bits per heavy atom. The summed E-state index contributed by atoms with van der Waals surface area (Å²) in [5.74, 6) is 1.84. The molecule has 1 aromatic heterocycles. The first-order valence-electron chi connectivity index (χ1n) is 14.2. The van der Waals surface area contributed by atoms with Crippen molar-refractivity contribution in [2.24, 2.45) is 11.3 Å². The summed E-state index contributed by atoms with van der Waals surface area (Å²) in [5.41, 5.74) is 5.07. The molecule has 0 spiro atoms. The summed E-state index contributed by atoms with van der Waals surface area (Å²) in [6.45, 7) is 16.9. The summed E-state index contributed by atoms with van der Waals surface area (Å²) in [6.07, 6.45) is 11.2. The van der Waals surface area contributed by atoms with Crippen molar-refractivity contribution in [1.82, 2.24) is 0 Å². The lowest BCUT2D eigenvalue weighted by molar-refractivity contribution is 0.232. The zero-order valence-corrected chi connectivity index (χ0v) is 24.1. The highest BCUT2D eigenvalue weighted by atomic mass is 16.3. The molecule has 2 aromatic carbocycles. The number of rotatable bonds is 14. The molecular weight excluding hydrogens is 436 g/mol. The van der Waals surface area contributed by atoms with Crippen molar-refractivity contribution >= 4 is 0 Å². The van der Waals surface area contributed by atoms with Gasteiger partial charge in [-0.3, -0.25) is 0 Å². The lowest BCUT2D eigenvalue weighted by Crippen LogP contribution is -2.27. The number of furan rings is 1. The average molecular weight is 487 g/mol. The summed E-state index contributed by atoms with van der Waals surface area (Å²) >= 11 is 0. The predicted octanol–water partition coefficient (Wildman–Crippen LogP) is 10.3. The van der Waals surface area contributed by atoms with Crippen LogP contribution in [0.25, 0.3) is 0 Å². The van der Waals surface area contributed by atoms with Gasteiger partial charge in [0, 0.05) is 6.42 Å². The molecule has 0 aliphatic rings. The first-order chi connectivity index (χ1) is 17.0. The van der Waals surface area contributed by atoms with Crippen LogP contribution in [0.5, 0.6) is 0 Å². The summed E-state index contributed by atoms with van der Waals surface area (Å²) in [7, 11) is 0. The number of hydrogen-bond donors (Lipinski definition) is 0. The topological polar surface area (TPSA) is 13.1 Å². The molecule has 1 nitrogen and oxygen atoms in total. The monoisotopic (exact) mass is 486 g/mol. The van der Waals surface area contributed by atoms with Gasteiger partial charge in [-0.1, -0.05) is 109 Å². The third kappa shape index (κ3) is 8.12. The molecule has 0 bridgehead atoms. The highest BCUT2D eigenvalue weighted by Gasteiger charge is 2.31. The average Bonchev–Trinajstić information content (AvgIpc) is 3.36. The number of aryl methyl sites for hydroxylation is 2. The minimum Gasteiger partial charge on any atom is -0.469 e. The van der Waals surface area contributed by atoms with Crippen LogP contribution < -0.4 is 0 Å². The van der Waals surface area contributed by atoms with E-state index in [-0.39, 0.29) is 16.2 Å². The minimum absolute atomic E-state index is 0.143. The van der Waals surface area contributed by atoms with Crippen LogP contribution >= 0.6 is 0 Å². The van der Waals surface area contributed by atoms with Crippen LogP contribution in [0.1, 0.15) is 109 Å². The molecule has 0 fully saturated rings. The minimum atomic E-state index is 0.143. The van der Waals surface area contributed by atoms with E-state index >= 15 is 0 Å². The molecule has 3 aromatic rings. The van der Waals surface area contributed by atoms with Crippen molar-refractivity contribution < 1.29 is 4.42 Å². The van der Waals surface area contributed by atoms with Gasteiger partial charge in [-0.05, 0) is 89.5 Å². The molecule has 2 unspecified atom stereocenters. The van der Waals surface area contributed by atoms with Crippen LogP contribution in [0, 0.1) is 11.3 Å². The first-order valence-corrected chi connectivity index (χ1v) is 14.2. The molecule has 1 heterocycles. The third-order valence-electron chi connectivity index (χ3n) is 8.42. The van der Waals surface area contributed by atoms with Crippen LogP contribution in [0.4, 0.5) is 0 Å². The second-order valence-electron chi connectivity index (χ2n) is 13.0. The van der Waals surface area contributed by atoms with Gasteiger partial charge in [0.1, 0.15) is 5.76 Å². The Hall–Kier alpha value is -2.28. The normalized spacial score (nSPS) is 15.0. The molecule has 0 saturated carbocycles. The van der Waals surface area contributed by atoms with E-state index in [1.165, 1.54) is 55.2 Å². The molecule has 3 rings (SSSR count). The molecule has 36 heavy (non-hydrogen) atoms. The maximum atomic E-state index is 5.53. The largest absolute Gasteiger partial charge is 0.469 e. The van der Waals surface area contributed by atoms with E-state index in [0.29, 0.717) is 0 Å². The Bertz CT molecular complexity index is 1030. The zero-order chi connectivity index (χ0) is 26.2. The Morgan fingerprint density at radius 3 is 2.17 bits per heavy atom. The van der Waals surface area contributed by atoms with E-state index in [2.05, 4.69) is 109 Å². The predicted molar refractivity (Wildman–Crippen MR) is 156 cm³/mol. The molecule has 0 aliphatic carbocycles. The molecule has 0 N–H and O–H groups in total. The van der Waals surface area contributed by atoms with Gasteiger partial charge in [-0.15, -0.1) is 0 Å². The van der Waals surface area contributed by atoms with E-state index in [9.17, 15) is 0 Å². The van der Waals surface area contributed by atoms with E-state index in [1.807, 2.05) is 6.07 Å². The quantitative estimate of drug-likeness (QED) is 0.221. The Balaban J connectivity index is 1.67. The summed E-state index contributed by atoms with van der Waals surface area (Å²) in [4.78, 5) is 0. The maximum absolute atomic E-state index is 5.53. The summed E-state index contributed by atoms with van der Waals surface area (Å²) < 4.78 is 5.53. The second-order valence-corrected chi connectivity index (χ2v) is 13.0. The van der Waals surface area contributed by atoms with Crippen molar-refractivity contribution in [2.45, 2.75) is 111 Å². The van der Waals surface area contributed by atoms with Gasteiger partial charge in [-0.25, -0.2) is 0 Å². The van der Waals surface area contributed by atoms with E-state index in [1.54, 1.807) is 6.26 Å². The molecule has 196 valence electrons. The van der Waals surface area contributed by atoms with E-state index < -0.39 is 0 Å². The highest BCUT2D eigenvalue weighted by Crippen LogP contribution is 2.41. The molecule has 1 heteroatoms. The van der Waals surface area contributed by atoms with Crippen molar-refractivity contribution in [2.75, 3.05) is 0 Å². The first kappa shape index (κ1) is 28.3. The maximum Gasteiger partial charge on any atom is 0.103 e.